The van der Waals surface area contributed by atoms with Crippen molar-refractivity contribution in [3.8, 4) is 0 Å². The number of benzene rings is 2. The minimum Gasteiger partial charge on any atom is -0.351 e. The van der Waals surface area contributed by atoms with Gasteiger partial charge in [0, 0.05) is 35.2 Å². The van der Waals surface area contributed by atoms with Crippen molar-refractivity contribution in [2.45, 2.75) is 17.7 Å². The molecule has 1 aliphatic rings. The first-order valence-electron chi connectivity index (χ1n) is 8.21. The van der Waals surface area contributed by atoms with Crippen LogP contribution in [0.2, 0.25) is 5.02 Å². The molecule has 6 heteroatoms. The second kappa shape index (κ2) is 8.41. The van der Waals surface area contributed by atoms with E-state index in [2.05, 4.69) is 5.32 Å². The number of hydrogen-bond donors (Lipinski definition) is 1. The Morgan fingerprint density at radius 3 is 2.64 bits per heavy atom. The lowest BCUT2D eigenvalue weighted by molar-refractivity contribution is -0.117. The van der Waals surface area contributed by atoms with Gasteiger partial charge in [-0.1, -0.05) is 23.7 Å². The minimum absolute atomic E-state index is 0.0820. The molecule has 3 rings (SSSR count). The number of carbonyl (C=O) groups excluding carboxylic acids is 2. The van der Waals surface area contributed by atoms with Gasteiger partial charge in [-0.3, -0.25) is 9.59 Å². The molecular formula is C19H19ClN2O2S. The molecule has 1 saturated heterocycles. The number of anilines is 1. The summed E-state index contributed by atoms with van der Waals surface area (Å²) in [6.45, 7) is 1.23. The SMILES string of the molecule is O=C(NCCSc1ccc(Cl)cc1)c1ccccc1N1CCCC1=O. The van der Waals surface area contributed by atoms with E-state index in [1.807, 2.05) is 42.5 Å². The van der Waals surface area contributed by atoms with E-state index >= 15 is 0 Å². The maximum atomic E-state index is 12.5. The predicted octanol–water partition coefficient (Wildman–Crippen LogP) is 3.99. The standard InChI is InChI=1S/C19H19ClN2O2S/c20-14-7-9-15(10-8-14)25-13-11-21-19(24)16-4-1-2-5-17(16)22-12-3-6-18(22)23/h1-2,4-5,7-10H,3,6,11-13H2,(H,21,24). The average molecular weight is 375 g/mol. The fraction of sp³-hybridized carbons (Fsp3) is 0.263. The van der Waals surface area contributed by atoms with Crippen molar-refractivity contribution in [2.24, 2.45) is 0 Å². The fourth-order valence-electron chi connectivity index (χ4n) is 2.76. The second-order valence-electron chi connectivity index (χ2n) is 5.72. The van der Waals surface area contributed by atoms with Gasteiger partial charge in [0.25, 0.3) is 5.91 Å². The van der Waals surface area contributed by atoms with Crippen molar-refractivity contribution in [3.63, 3.8) is 0 Å². The molecule has 1 heterocycles. The normalized spacial score (nSPS) is 14.0. The number of para-hydroxylation sites is 1. The van der Waals surface area contributed by atoms with Crippen LogP contribution in [0.3, 0.4) is 0 Å². The fourth-order valence-corrected chi connectivity index (χ4v) is 3.66. The van der Waals surface area contributed by atoms with Crippen LogP contribution in [0, 0.1) is 0 Å². The molecule has 0 aromatic heterocycles. The van der Waals surface area contributed by atoms with Crippen LogP contribution in [0.15, 0.2) is 53.4 Å². The van der Waals surface area contributed by atoms with E-state index in [9.17, 15) is 9.59 Å². The van der Waals surface area contributed by atoms with Gasteiger partial charge in [0.2, 0.25) is 5.91 Å². The number of hydrogen-bond acceptors (Lipinski definition) is 3. The molecule has 25 heavy (non-hydrogen) atoms. The van der Waals surface area contributed by atoms with Gasteiger partial charge in [-0.15, -0.1) is 11.8 Å². The number of nitrogens with one attached hydrogen (secondary N) is 1. The molecule has 0 saturated carbocycles. The summed E-state index contributed by atoms with van der Waals surface area (Å²) in [6, 6.07) is 14.9. The summed E-state index contributed by atoms with van der Waals surface area (Å²) in [7, 11) is 0. The van der Waals surface area contributed by atoms with E-state index in [0.29, 0.717) is 35.8 Å². The Labute approximate surface area is 156 Å². The lowest BCUT2D eigenvalue weighted by Gasteiger charge is -2.19. The molecule has 0 spiro atoms. The van der Waals surface area contributed by atoms with Crippen LogP contribution >= 0.6 is 23.4 Å². The quantitative estimate of drug-likeness (QED) is 0.614. The largest absolute Gasteiger partial charge is 0.351 e. The molecule has 0 atom stereocenters. The Morgan fingerprint density at radius 1 is 1.16 bits per heavy atom. The van der Waals surface area contributed by atoms with Crippen molar-refractivity contribution < 1.29 is 9.59 Å². The highest BCUT2D eigenvalue weighted by Gasteiger charge is 2.25. The maximum Gasteiger partial charge on any atom is 0.253 e. The highest BCUT2D eigenvalue weighted by molar-refractivity contribution is 7.99. The second-order valence-corrected chi connectivity index (χ2v) is 7.33. The Hall–Kier alpha value is -1.98. The summed E-state index contributed by atoms with van der Waals surface area (Å²) in [5.41, 5.74) is 1.25. The molecule has 1 fully saturated rings. The zero-order valence-corrected chi connectivity index (χ0v) is 15.3. The number of thioether (sulfide) groups is 1. The summed E-state index contributed by atoms with van der Waals surface area (Å²) in [5.74, 6) is 0.698. The molecular weight excluding hydrogens is 356 g/mol. The molecule has 0 bridgehead atoms. The van der Waals surface area contributed by atoms with Crippen LogP contribution in [-0.4, -0.2) is 30.7 Å². The zero-order chi connectivity index (χ0) is 17.6. The van der Waals surface area contributed by atoms with Gasteiger partial charge in [-0.25, -0.2) is 0 Å². The predicted molar refractivity (Wildman–Crippen MR) is 103 cm³/mol. The lowest BCUT2D eigenvalue weighted by atomic mass is 10.1. The summed E-state index contributed by atoms with van der Waals surface area (Å²) in [5, 5.41) is 3.65. The first-order chi connectivity index (χ1) is 12.1. The van der Waals surface area contributed by atoms with Crippen LogP contribution in [0.5, 0.6) is 0 Å². The summed E-state index contributed by atoms with van der Waals surface area (Å²) >= 11 is 7.53. The van der Waals surface area contributed by atoms with E-state index in [4.69, 9.17) is 11.6 Å². The van der Waals surface area contributed by atoms with Crippen LogP contribution in [-0.2, 0) is 4.79 Å². The smallest absolute Gasteiger partial charge is 0.253 e. The third-order valence-electron chi connectivity index (χ3n) is 3.98. The Bertz CT molecular complexity index is 764. The molecule has 4 nitrogen and oxygen atoms in total. The van der Waals surface area contributed by atoms with Gasteiger partial charge in [-0.2, -0.15) is 0 Å². The third kappa shape index (κ3) is 4.55. The summed E-state index contributed by atoms with van der Waals surface area (Å²) < 4.78 is 0. The van der Waals surface area contributed by atoms with E-state index in [1.165, 1.54) is 0 Å². The molecule has 2 aromatic carbocycles. The summed E-state index contributed by atoms with van der Waals surface area (Å²) in [4.78, 5) is 27.3. The summed E-state index contributed by atoms with van der Waals surface area (Å²) in [6.07, 6.45) is 1.39. The molecule has 1 aliphatic heterocycles. The first-order valence-corrected chi connectivity index (χ1v) is 9.57. The third-order valence-corrected chi connectivity index (χ3v) is 5.25. The molecule has 2 aromatic rings. The molecule has 1 N–H and O–H groups in total. The van der Waals surface area contributed by atoms with Crippen LogP contribution in [0.1, 0.15) is 23.2 Å². The maximum absolute atomic E-state index is 12.5. The van der Waals surface area contributed by atoms with Crippen molar-refractivity contribution in [1.82, 2.24) is 5.32 Å². The number of rotatable bonds is 6. The Morgan fingerprint density at radius 2 is 1.92 bits per heavy atom. The van der Waals surface area contributed by atoms with Gasteiger partial charge >= 0.3 is 0 Å². The van der Waals surface area contributed by atoms with E-state index < -0.39 is 0 Å². The van der Waals surface area contributed by atoms with Crippen LogP contribution in [0.4, 0.5) is 5.69 Å². The van der Waals surface area contributed by atoms with E-state index in [1.54, 1.807) is 22.7 Å². The Kier molecular flexibility index (Phi) is 6.00. The van der Waals surface area contributed by atoms with Gasteiger partial charge in [0.1, 0.15) is 0 Å². The molecule has 2 amide bonds. The van der Waals surface area contributed by atoms with Crippen molar-refractivity contribution in [3.05, 3.63) is 59.1 Å². The highest BCUT2D eigenvalue weighted by atomic mass is 35.5. The van der Waals surface area contributed by atoms with Crippen molar-refractivity contribution >= 4 is 40.9 Å². The lowest BCUT2D eigenvalue weighted by Crippen LogP contribution is -2.30. The van der Waals surface area contributed by atoms with Gasteiger partial charge in [-0.05, 0) is 42.8 Å². The highest BCUT2D eigenvalue weighted by Crippen LogP contribution is 2.25. The van der Waals surface area contributed by atoms with Gasteiger partial charge < -0.3 is 10.2 Å². The van der Waals surface area contributed by atoms with Gasteiger partial charge in [0.15, 0.2) is 0 Å². The van der Waals surface area contributed by atoms with Crippen molar-refractivity contribution in [1.29, 1.82) is 0 Å². The first kappa shape index (κ1) is 17.8. The monoisotopic (exact) mass is 374 g/mol. The molecule has 0 aliphatic carbocycles. The topological polar surface area (TPSA) is 49.4 Å². The number of amides is 2. The average Bonchev–Trinajstić information content (AvgIpc) is 3.06. The number of halogens is 1. The molecule has 0 radical (unpaired) electrons. The van der Waals surface area contributed by atoms with E-state index in [-0.39, 0.29) is 11.8 Å². The van der Waals surface area contributed by atoms with Crippen molar-refractivity contribution in [2.75, 3.05) is 23.7 Å². The molecule has 0 unspecified atom stereocenters. The van der Waals surface area contributed by atoms with E-state index in [0.717, 1.165) is 17.1 Å². The van der Waals surface area contributed by atoms with Crippen LogP contribution in [0.25, 0.3) is 0 Å². The zero-order valence-electron chi connectivity index (χ0n) is 13.7. The van der Waals surface area contributed by atoms with Crippen LogP contribution < -0.4 is 10.2 Å². The van der Waals surface area contributed by atoms with Gasteiger partial charge in [0.05, 0.1) is 11.3 Å². The number of nitrogens with zero attached hydrogens (tertiary/aromatic N) is 1. The Balaban J connectivity index is 1.56. The molecule has 130 valence electrons. The number of carbonyl (C=O) groups is 2. The minimum atomic E-state index is -0.146.